The smallest absolute Gasteiger partial charge is 0.332 e. The molecule has 4 aromatic rings. The summed E-state index contributed by atoms with van der Waals surface area (Å²) in [5, 5.41) is 11.0. The fourth-order valence-corrected chi connectivity index (χ4v) is 3.15. The molecule has 13 heteroatoms. The van der Waals surface area contributed by atoms with E-state index < -0.39 is 11.2 Å². The van der Waals surface area contributed by atoms with Crippen LogP contribution in [0.25, 0.3) is 17.0 Å². The van der Waals surface area contributed by atoms with Gasteiger partial charge in [-0.2, -0.15) is 5.10 Å². The Morgan fingerprint density at radius 2 is 1.94 bits per heavy atom. The van der Waals surface area contributed by atoms with Crippen molar-refractivity contribution in [1.29, 1.82) is 0 Å². The van der Waals surface area contributed by atoms with E-state index in [4.69, 9.17) is 0 Å². The average Bonchev–Trinajstić information content (AvgIpc) is 3.42. The Kier molecular flexibility index (Phi) is 5.07. The number of nitrogens with zero attached hydrogens (tertiary/aromatic N) is 8. The van der Waals surface area contributed by atoms with Crippen molar-refractivity contribution in [2.24, 2.45) is 14.1 Å². The molecule has 0 atom stereocenters. The van der Waals surface area contributed by atoms with Gasteiger partial charge in [0.2, 0.25) is 5.91 Å². The fourth-order valence-electron chi connectivity index (χ4n) is 3.15. The number of imidazole rings is 1. The van der Waals surface area contributed by atoms with Crippen LogP contribution in [0, 0.1) is 0 Å². The Morgan fingerprint density at radius 3 is 2.68 bits per heavy atom. The van der Waals surface area contributed by atoms with Gasteiger partial charge < -0.3 is 9.88 Å². The summed E-state index contributed by atoms with van der Waals surface area (Å²) in [6.45, 7) is 0.137. The molecule has 0 radical (unpaired) electrons. The van der Waals surface area contributed by atoms with E-state index in [0.29, 0.717) is 5.82 Å². The molecule has 1 amide bonds. The topological polar surface area (TPSA) is 144 Å². The summed E-state index contributed by atoms with van der Waals surface area (Å²) in [6.07, 6.45) is 4.64. The first-order valence-corrected chi connectivity index (χ1v) is 9.32. The molecule has 160 valence electrons. The van der Waals surface area contributed by atoms with Crippen LogP contribution in [-0.2, 0) is 32.0 Å². The summed E-state index contributed by atoms with van der Waals surface area (Å²) in [5.41, 5.74) is -0.983. The molecule has 0 aliphatic heterocycles. The minimum atomic E-state index is -0.533. The van der Waals surface area contributed by atoms with Crippen LogP contribution in [0.5, 0.6) is 0 Å². The van der Waals surface area contributed by atoms with Gasteiger partial charge in [-0.05, 0) is 12.1 Å². The molecule has 0 fully saturated rings. The van der Waals surface area contributed by atoms with Crippen molar-refractivity contribution in [3.63, 3.8) is 0 Å². The second-order valence-corrected chi connectivity index (χ2v) is 6.80. The van der Waals surface area contributed by atoms with Crippen LogP contribution in [-0.4, -0.2) is 50.7 Å². The van der Waals surface area contributed by atoms with Crippen LogP contribution in [0.3, 0.4) is 0 Å². The first-order chi connectivity index (χ1) is 14.9. The Bertz CT molecular complexity index is 1440. The van der Waals surface area contributed by atoms with Crippen LogP contribution in [0.2, 0.25) is 0 Å². The van der Waals surface area contributed by atoms with E-state index in [1.165, 1.54) is 45.0 Å². The predicted octanol–water partition coefficient (Wildman–Crippen LogP) is -2.01. The molecule has 0 aliphatic carbocycles. The Labute approximate surface area is 173 Å². The van der Waals surface area contributed by atoms with Crippen molar-refractivity contribution in [2.45, 2.75) is 13.1 Å². The first-order valence-electron chi connectivity index (χ1n) is 9.32. The molecule has 4 heterocycles. The van der Waals surface area contributed by atoms with Gasteiger partial charge in [-0.1, -0.05) is 0 Å². The molecular weight excluding hydrogens is 406 g/mol. The van der Waals surface area contributed by atoms with Crippen molar-refractivity contribution in [2.75, 3.05) is 6.54 Å². The maximum atomic E-state index is 12.4. The summed E-state index contributed by atoms with van der Waals surface area (Å²) in [5.74, 6) is 0.0914. The third-order valence-electron chi connectivity index (χ3n) is 4.77. The molecule has 1 N–H and O–H groups in total. The molecule has 0 aliphatic rings. The van der Waals surface area contributed by atoms with Gasteiger partial charge in [0.05, 0.1) is 12.9 Å². The second-order valence-electron chi connectivity index (χ2n) is 6.80. The molecule has 4 rings (SSSR count). The van der Waals surface area contributed by atoms with Crippen molar-refractivity contribution in [3.05, 3.63) is 68.1 Å². The lowest BCUT2D eigenvalue weighted by atomic mass is 10.4. The van der Waals surface area contributed by atoms with Gasteiger partial charge in [0.1, 0.15) is 6.54 Å². The van der Waals surface area contributed by atoms with Crippen LogP contribution in [0.4, 0.5) is 0 Å². The maximum Gasteiger partial charge on any atom is 0.332 e. The van der Waals surface area contributed by atoms with Gasteiger partial charge >= 0.3 is 5.69 Å². The average molecular weight is 425 g/mol. The number of hydrogen-bond acceptors (Lipinski definition) is 7. The minimum Gasteiger partial charge on any atom is -0.353 e. The molecule has 0 saturated heterocycles. The molecule has 0 bridgehead atoms. The lowest BCUT2D eigenvalue weighted by Crippen LogP contribution is -2.38. The highest BCUT2D eigenvalue weighted by Gasteiger charge is 2.15. The number of nitrogens with one attached hydrogen (secondary N) is 1. The van der Waals surface area contributed by atoms with E-state index >= 15 is 0 Å². The zero-order valence-electron chi connectivity index (χ0n) is 16.8. The van der Waals surface area contributed by atoms with E-state index in [2.05, 4.69) is 20.5 Å². The summed E-state index contributed by atoms with van der Waals surface area (Å²) >= 11 is 0. The number of aryl methyl sites for hydroxylation is 1. The highest BCUT2D eigenvalue weighted by molar-refractivity contribution is 5.78. The quantitative estimate of drug-likeness (QED) is 0.376. The standard InChI is InChI=1S/C18H19N9O4/c1-23-16-15(17(30)24(2)18(23)31)25(11-20-16)10-13(28)19-7-9-27-14(29)5-4-12(22-27)26-8-3-6-21-26/h3-6,8,11H,7,9-10H2,1-2H3,(H,19,28). The van der Waals surface area contributed by atoms with Gasteiger partial charge in [-0.25, -0.2) is 19.1 Å². The number of hydrogen-bond donors (Lipinski definition) is 1. The number of carbonyl (C=O) groups is 1. The molecular formula is C18H19N9O4. The second kappa shape index (κ2) is 7.85. The minimum absolute atomic E-state index is 0.150. The van der Waals surface area contributed by atoms with E-state index in [0.717, 1.165) is 4.57 Å². The zero-order chi connectivity index (χ0) is 22.1. The van der Waals surface area contributed by atoms with Crippen molar-refractivity contribution in [3.8, 4) is 5.82 Å². The van der Waals surface area contributed by atoms with Crippen molar-refractivity contribution in [1.82, 2.24) is 43.6 Å². The van der Waals surface area contributed by atoms with Crippen molar-refractivity contribution >= 4 is 17.1 Å². The van der Waals surface area contributed by atoms with Gasteiger partial charge in [0, 0.05) is 39.1 Å². The molecule has 0 saturated carbocycles. The fraction of sp³-hybridized carbons (Fsp3) is 0.278. The van der Waals surface area contributed by atoms with E-state index in [1.54, 1.807) is 24.5 Å². The Balaban J connectivity index is 1.45. The van der Waals surface area contributed by atoms with Gasteiger partial charge in [0.15, 0.2) is 17.0 Å². The summed E-state index contributed by atoms with van der Waals surface area (Å²) in [4.78, 5) is 52.9. The highest BCUT2D eigenvalue weighted by Crippen LogP contribution is 2.05. The highest BCUT2D eigenvalue weighted by atomic mass is 16.2. The molecule has 0 spiro atoms. The third kappa shape index (κ3) is 3.68. The molecule has 31 heavy (non-hydrogen) atoms. The van der Waals surface area contributed by atoms with Crippen LogP contribution in [0.1, 0.15) is 0 Å². The third-order valence-corrected chi connectivity index (χ3v) is 4.77. The Hall–Kier alpha value is -4.29. The summed E-state index contributed by atoms with van der Waals surface area (Å²) < 4.78 is 6.34. The monoisotopic (exact) mass is 425 g/mol. The van der Waals surface area contributed by atoms with Crippen LogP contribution in [0.15, 0.2) is 51.3 Å². The SMILES string of the molecule is Cn1c(=O)c2c(ncn2CC(=O)NCCn2nc(-n3cccn3)ccc2=O)n(C)c1=O. The van der Waals surface area contributed by atoms with Gasteiger partial charge in [-0.15, -0.1) is 5.10 Å². The van der Waals surface area contributed by atoms with Crippen molar-refractivity contribution < 1.29 is 4.79 Å². The van der Waals surface area contributed by atoms with E-state index in [1.807, 2.05) is 0 Å². The maximum absolute atomic E-state index is 12.4. The van der Waals surface area contributed by atoms with E-state index in [9.17, 15) is 19.2 Å². The largest absolute Gasteiger partial charge is 0.353 e. The molecule has 4 aromatic heterocycles. The molecule has 0 aromatic carbocycles. The first kappa shape index (κ1) is 20.0. The van der Waals surface area contributed by atoms with Crippen LogP contribution < -0.4 is 22.1 Å². The lowest BCUT2D eigenvalue weighted by Gasteiger charge is -2.09. The number of aromatic nitrogens is 8. The lowest BCUT2D eigenvalue weighted by molar-refractivity contribution is -0.121. The number of rotatable bonds is 6. The van der Waals surface area contributed by atoms with Crippen LogP contribution >= 0.6 is 0 Å². The predicted molar refractivity (Wildman–Crippen MR) is 109 cm³/mol. The normalized spacial score (nSPS) is 11.2. The number of carbonyl (C=O) groups excluding carboxylic acids is 1. The van der Waals surface area contributed by atoms with Gasteiger partial charge in [-0.3, -0.25) is 23.5 Å². The summed E-state index contributed by atoms with van der Waals surface area (Å²) in [7, 11) is 2.87. The molecule has 0 unspecified atom stereocenters. The summed E-state index contributed by atoms with van der Waals surface area (Å²) in [6, 6.07) is 4.67. The number of fused-ring (bicyclic) bond motifs is 1. The van der Waals surface area contributed by atoms with Gasteiger partial charge in [0.25, 0.3) is 11.1 Å². The van der Waals surface area contributed by atoms with E-state index in [-0.39, 0.29) is 42.3 Å². The molecule has 13 nitrogen and oxygen atoms in total. The number of amides is 1. The zero-order valence-corrected chi connectivity index (χ0v) is 16.8. The Morgan fingerprint density at radius 1 is 1.13 bits per heavy atom.